The van der Waals surface area contributed by atoms with Gasteiger partial charge in [-0.05, 0) is 38.5 Å². The number of carbonyl (C=O) groups excluding carboxylic acids is 2. The first-order chi connectivity index (χ1) is 20.6. The smallest absolute Gasteiger partial charge is 0.472 e. The van der Waals surface area contributed by atoms with Gasteiger partial charge < -0.3 is 25.2 Å². The van der Waals surface area contributed by atoms with Gasteiger partial charge in [0.25, 0.3) is 0 Å². The van der Waals surface area contributed by atoms with Crippen molar-refractivity contribution in [3.8, 4) is 0 Å². The van der Waals surface area contributed by atoms with Crippen LogP contribution in [0.1, 0.15) is 136 Å². The Labute approximate surface area is 258 Å². The molecule has 0 rings (SSSR count). The largest absolute Gasteiger partial charge is 0.480 e. The van der Waals surface area contributed by atoms with E-state index in [9.17, 15) is 23.8 Å². The van der Waals surface area contributed by atoms with Crippen molar-refractivity contribution in [2.24, 2.45) is 5.73 Å². The maximum Gasteiger partial charge on any atom is 0.472 e. The molecule has 4 N–H and O–H groups in total. The van der Waals surface area contributed by atoms with Gasteiger partial charge in [0.05, 0.1) is 13.2 Å². The monoisotopic (exact) mass is 635 g/mol. The molecule has 0 saturated carbocycles. The first-order valence-corrected chi connectivity index (χ1v) is 17.7. The number of rotatable bonds is 30. The second-order valence-electron chi connectivity index (χ2n) is 10.9. The van der Waals surface area contributed by atoms with Crippen LogP contribution in [0.3, 0.4) is 0 Å². The normalized spacial score (nSPS) is 14.3. The molecule has 3 atom stereocenters. The van der Waals surface area contributed by atoms with E-state index in [-0.39, 0.29) is 19.4 Å². The van der Waals surface area contributed by atoms with Crippen LogP contribution < -0.4 is 5.73 Å². The van der Waals surface area contributed by atoms with Crippen LogP contribution in [0, 0.1) is 0 Å². The van der Waals surface area contributed by atoms with Crippen LogP contribution in [0.4, 0.5) is 0 Å². The Bertz CT molecular complexity index is 807. The molecule has 11 nitrogen and oxygen atoms in total. The Hall–Kier alpha value is -1.78. The minimum Gasteiger partial charge on any atom is -0.480 e. The number of carboxylic acids is 1. The fourth-order valence-corrected chi connectivity index (χ4v) is 4.93. The number of esters is 2. The van der Waals surface area contributed by atoms with Crippen molar-refractivity contribution in [2.45, 2.75) is 148 Å². The summed E-state index contributed by atoms with van der Waals surface area (Å²) in [5, 5.41) is 8.76. The van der Waals surface area contributed by atoms with Crippen molar-refractivity contribution in [3.05, 3.63) is 12.2 Å². The highest BCUT2D eigenvalue weighted by Crippen LogP contribution is 2.43. The van der Waals surface area contributed by atoms with Crippen molar-refractivity contribution in [3.63, 3.8) is 0 Å². The number of unbranched alkanes of at least 4 members (excludes halogenated alkanes) is 14. The van der Waals surface area contributed by atoms with Gasteiger partial charge >= 0.3 is 25.7 Å². The van der Waals surface area contributed by atoms with Crippen molar-refractivity contribution in [1.82, 2.24) is 0 Å². The Balaban J connectivity index is 4.11. The van der Waals surface area contributed by atoms with E-state index in [1.54, 1.807) is 6.92 Å². The minimum atomic E-state index is -4.68. The summed E-state index contributed by atoms with van der Waals surface area (Å²) >= 11 is 0. The van der Waals surface area contributed by atoms with Gasteiger partial charge in [-0.3, -0.25) is 23.4 Å². The van der Waals surface area contributed by atoms with Gasteiger partial charge in [-0.2, -0.15) is 0 Å². The first kappa shape index (κ1) is 41.2. The zero-order valence-electron chi connectivity index (χ0n) is 26.6. The summed E-state index contributed by atoms with van der Waals surface area (Å²) in [5.74, 6) is -2.45. The third-order valence-electron chi connectivity index (χ3n) is 6.73. The summed E-state index contributed by atoms with van der Waals surface area (Å²) in [7, 11) is -4.68. The highest BCUT2D eigenvalue weighted by Gasteiger charge is 2.28. The summed E-state index contributed by atoms with van der Waals surface area (Å²) in [5.41, 5.74) is 5.25. The predicted molar refractivity (Wildman–Crippen MR) is 166 cm³/mol. The van der Waals surface area contributed by atoms with Crippen LogP contribution in [0.15, 0.2) is 12.2 Å². The highest BCUT2D eigenvalue weighted by atomic mass is 31.2. The summed E-state index contributed by atoms with van der Waals surface area (Å²) in [6.07, 6.45) is 23.3. The van der Waals surface area contributed by atoms with Crippen molar-refractivity contribution < 1.29 is 47.5 Å². The number of hydrogen-bond acceptors (Lipinski definition) is 9. The molecule has 12 heteroatoms. The van der Waals surface area contributed by atoms with E-state index in [1.165, 1.54) is 70.6 Å². The van der Waals surface area contributed by atoms with E-state index in [4.69, 9.17) is 24.8 Å². The molecule has 0 aromatic carbocycles. The van der Waals surface area contributed by atoms with Gasteiger partial charge in [-0.1, -0.05) is 96.6 Å². The zero-order chi connectivity index (χ0) is 32.2. The van der Waals surface area contributed by atoms with Crippen LogP contribution >= 0.6 is 7.82 Å². The molecule has 0 aliphatic heterocycles. The fraction of sp³-hybridized carbons (Fsp3) is 0.839. The van der Waals surface area contributed by atoms with Crippen molar-refractivity contribution >= 4 is 25.7 Å². The molecule has 3 unspecified atom stereocenters. The SMILES string of the molecule is CCCCCCCCC/C=C\CCCCCCCCCC(=O)OC(COC(=O)CCC)COP(=O)(O)OCC(N)C(=O)O. The van der Waals surface area contributed by atoms with Gasteiger partial charge in [0.1, 0.15) is 12.6 Å². The van der Waals surface area contributed by atoms with Gasteiger partial charge in [-0.25, -0.2) is 4.57 Å². The molecule has 0 spiro atoms. The Morgan fingerprint density at radius 3 is 1.74 bits per heavy atom. The third-order valence-corrected chi connectivity index (χ3v) is 7.68. The fourth-order valence-electron chi connectivity index (χ4n) is 4.15. The summed E-state index contributed by atoms with van der Waals surface area (Å²) in [4.78, 5) is 44.6. The number of phosphoric acid groups is 1. The molecule has 0 aromatic rings. The number of hydrogen-bond donors (Lipinski definition) is 3. The van der Waals surface area contributed by atoms with Gasteiger partial charge in [0.2, 0.25) is 0 Å². The number of carbonyl (C=O) groups is 3. The second kappa shape index (κ2) is 27.7. The van der Waals surface area contributed by atoms with Crippen LogP contribution in [-0.4, -0.2) is 59.9 Å². The molecule has 0 radical (unpaired) electrons. The molecule has 0 fully saturated rings. The molecule has 43 heavy (non-hydrogen) atoms. The maximum atomic E-state index is 12.3. The average molecular weight is 636 g/mol. The van der Waals surface area contributed by atoms with Gasteiger partial charge in [0.15, 0.2) is 6.10 Å². The lowest BCUT2D eigenvalue weighted by Gasteiger charge is -2.20. The van der Waals surface area contributed by atoms with Crippen molar-refractivity contribution in [1.29, 1.82) is 0 Å². The lowest BCUT2D eigenvalue weighted by Crippen LogP contribution is -2.34. The van der Waals surface area contributed by atoms with Crippen LogP contribution in [0.25, 0.3) is 0 Å². The Kier molecular flexibility index (Phi) is 26.6. The lowest BCUT2D eigenvalue weighted by molar-refractivity contribution is -0.161. The number of phosphoric ester groups is 1. The van der Waals surface area contributed by atoms with Crippen LogP contribution in [0.2, 0.25) is 0 Å². The van der Waals surface area contributed by atoms with E-state index in [0.29, 0.717) is 12.8 Å². The molecule has 0 aromatic heterocycles. The Morgan fingerprint density at radius 1 is 0.698 bits per heavy atom. The van der Waals surface area contributed by atoms with Crippen LogP contribution in [-0.2, 0) is 37.5 Å². The highest BCUT2D eigenvalue weighted by molar-refractivity contribution is 7.47. The quantitative estimate of drug-likeness (QED) is 0.0321. The molecule has 252 valence electrons. The number of aliphatic carboxylic acids is 1. The lowest BCUT2D eigenvalue weighted by atomic mass is 10.1. The molecule has 0 saturated heterocycles. The molecule has 0 aliphatic rings. The minimum absolute atomic E-state index is 0.156. The van der Waals surface area contributed by atoms with Gasteiger partial charge in [0, 0.05) is 12.8 Å². The van der Waals surface area contributed by atoms with Crippen molar-refractivity contribution in [2.75, 3.05) is 19.8 Å². The van der Waals surface area contributed by atoms with E-state index in [0.717, 1.165) is 25.7 Å². The number of carboxylic acid groups (broad SMARTS) is 1. The average Bonchev–Trinajstić information content (AvgIpc) is 2.96. The first-order valence-electron chi connectivity index (χ1n) is 16.2. The molecule has 0 amide bonds. The molecule has 0 aliphatic carbocycles. The number of allylic oxidation sites excluding steroid dienone is 2. The van der Waals surface area contributed by atoms with Crippen LogP contribution in [0.5, 0.6) is 0 Å². The molecule has 0 heterocycles. The Morgan fingerprint density at radius 2 is 1.21 bits per heavy atom. The summed E-state index contributed by atoms with van der Waals surface area (Å²) in [6.45, 7) is 2.36. The van der Waals surface area contributed by atoms with E-state index < -0.39 is 51.1 Å². The second-order valence-corrected chi connectivity index (χ2v) is 12.4. The van der Waals surface area contributed by atoms with E-state index in [1.807, 2.05) is 0 Å². The molecule has 0 bridgehead atoms. The summed E-state index contributed by atoms with van der Waals surface area (Å²) in [6, 6.07) is -1.51. The summed E-state index contributed by atoms with van der Waals surface area (Å²) < 4.78 is 31.8. The predicted octanol–water partition coefficient (Wildman–Crippen LogP) is 6.99. The van der Waals surface area contributed by atoms with E-state index >= 15 is 0 Å². The number of ether oxygens (including phenoxy) is 2. The topological polar surface area (TPSA) is 172 Å². The standard InChI is InChI=1S/C31H58NO10P/c1-3-5-6-7-8-9-10-11-12-13-14-15-16-17-18-19-20-21-23-30(34)42-27(24-39-29(33)22-4-2)25-40-43(37,38)41-26-28(32)31(35)36/h12-13,27-28H,3-11,14-26,32H2,1-2H3,(H,35,36)(H,37,38)/b13-12-. The zero-order valence-corrected chi connectivity index (χ0v) is 27.4. The third kappa shape index (κ3) is 27.5. The molecular weight excluding hydrogens is 577 g/mol. The number of nitrogens with two attached hydrogens (primary N) is 1. The maximum absolute atomic E-state index is 12.3. The van der Waals surface area contributed by atoms with Gasteiger partial charge in [-0.15, -0.1) is 0 Å². The van der Waals surface area contributed by atoms with E-state index in [2.05, 4.69) is 23.6 Å². The molecular formula is C31H58NO10P.